The van der Waals surface area contributed by atoms with Crippen LogP contribution in [0.15, 0.2) is 0 Å². The van der Waals surface area contributed by atoms with Gasteiger partial charge < -0.3 is 15.0 Å². The van der Waals surface area contributed by atoms with E-state index < -0.39 is 0 Å². The molecule has 1 aliphatic heterocycles. The quantitative estimate of drug-likeness (QED) is 0.493. The minimum Gasteiger partial charge on any atom is -0.376 e. The summed E-state index contributed by atoms with van der Waals surface area (Å²) in [6.07, 6.45) is 2.42. The maximum absolute atomic E-state index is 5.57. The number of aromatic nitrogens is 3. The van der Waals surface area contributed by atoms with Gasteiger partial charge in [-0.3, -0.25) is 5.43 Å². The van der Waals surface area contributed by atoms with E-state index in [4.69, 9.17) is 10.6 Å². The third kappa shape index (κ3) is 3.67. The predicted molar refractivity (Wildman–Crippen MR) is 78.7 cm³/mol. The van der Waals surface area contributed by atoms with Crippen molar-refractivity contribution >= 4 is 17.8 Å². The molecule has 0 spiro atoms. The highest BCUT2D eigenvalue weighted by Gasteiger charge is 2.16. The minimum absolute atomic E-state index is 0.234. The average Bonchev–Trinajstić information content (AvgIpc) is 2.99. The van der Waals surface area contributed by atoms with E-state index in [-0.39, 0.29) is 6.10 Å². The highest BCUT2D eigenvalue weighted by molar-refractivity contribution is 5.43. The SMILES string of the molecule is CCN(CC)c1nc(NN)nc(NCC2CCCO2)n1. The molecule has 2 rings (SSSR count). The highest BCUT2D eigenvalue weighted by Crippen LogP contribution is 2.15. The topological polar surface area (TPSA) is 101 Å². The summed E-state index contributed by atoms with van der Waals surface area (Å²) in [5.41, 5.74) is 2.48. The molecule has 0 bridgehead atoms. The van der Waals surface area contributed by atoms with Gasteiger partial charge in [0.05, 0.1) is 6.10 Å². The summed E-state index contributed by atoms with van der Waals surface area (Å²) in [6.45, 7) is 7.31. The zero-order valence-corrected chi connectivity index (χ0v) is 12.1. The van der Waals surface area contributed by atoms with Gasteiger partial charge in [-0.2, -0.15) is 15.0 Å². The molecule has 1 atom stereocenters. The molecular formula is C12H23N7O. The van der Waals surface area contributed by atoms with Crippen LogP contribution in [0.1, 0.15) is 26.7 Å². The monoisotopic (exact) mass is 281 g/mol. The molecule has 112 valence electrons. The fourth-order valence-corrected chi connectivity index (χ4v) is 2.17. The molecule has 0 amide bonds. The Labute approximate surface area is 119 Å². The third-order valence-electron chi connectivity index (χ3n) is 3.31. The molecule has 1 saturated heterocycles. The molecule has 0 radical (unpaired) electrons. The summed E-state index contributed by atoms with van der Waals surface area (Å²) in [5, 5.41) is 3.20. The Balaban J connectivity index is 2.08. The molecule has 1 aromatic heterocycles. The second kappa shape index (κ2) is 7.20. The van der Waals surface area contributed by atoms with Crippen LogP contribution in [-0.2, 0) is 4.74 Å². The van der Waals surface area contributed by atoms with Gasteiger partial charge >= 0.3 is 0 Å². The standard InChI is InChI=1S/C12H23N7O/c1-3-19(4-2)12-16-10(15-11(17-12)18-13)14-8-9-6-5-7-20-9/h9H,3-8,13H2,1-2H3,(H2,14,15,16,17,18). The van der Waals surface area contributed by atoms with Gasteiger partial charge in [-0.25, -0.2) is 5.84 Å². The number of hydrogen-bond acceptors (Lipinski definition) is 8. The molecule has 0 saturated carbocycles. The minimum atomic E-state index is 0.234. The zero-order chi connectivity index (χ0) is 14.4. The lowest BCUT2D eigenvalue weighted by Gasteiger charge is -2.19. The zero-order valence-electron chi connectivity index (χ0n) is 12.1. The first kappa shape index (κ1) is 14.7. The lowest BCUT2D eigenvalue weighted by atomic mass is 10.2. The molecule has 1 aliphatic rings. The average molecular weight is 281 g/mol. The van der Waals surface area contributed by atoms with Crippen molar-refractivity contribution in [3.05, 3.63) is 0 Å². The number of rotatable bonds is 7. The van der Waals surface area contributed by atoms with E-state index in [1.54, 1.807) is 0 Å². The van der Waals surface area contributed by atoms with Crippen LogP contribution in [0.3, 0.4) is 0 Å². The van der Waals surface area contributed by atoms with Crippen LogP contribution in [0.5, 0.6) is 0 Å². The van der Waals surface area contributed by atoms with Gasteiger partial charge in [0.1, 0.15) is 0 Å². The number of nitrogen functional groups attached to an aromatic ring is 1. The fraction of sp³-hybridized carbons (Fsp3) is 0.750. The molecule has 4 N–H and O–H groups in total. The van der Waals surface area contributed by atoms with E-state index in [0.717, 1.165) is 32.5 Å². The first-order chi connectivity index (χ1) is 9.76. The molecule has 8 nitrogen and oxygen atoms in total. The van der Waals surface area contributed by atoms with E-state index in [1.807, 2.05) is 4.90 Å². The number of nitrogens with zero attached hydrogens (tertiary/aromatic N) is 4. The van der Waals surface area contributed by atoms with Crippen molar-refractivity contribution in [1.29, 1.82) is 0 Å². The number of ether oxygens (including phenoxy) is 1. The summed E-state index contributed by atoms with van der Waals surface area (Å²) in [4.78, 5) is 14.9. The Kier molecular flexibility index (Phi) is 5.31. The molecule has 0 aromatic carbocycles. The lowest BCUT2D eigenvalue weighted by molar-refractivity contribution is 0.120. The summed E-state index contributed by atoms with van der Waals surface area (Å²) in [5.74, 6) is 6.91. The van der Waals surface area contributed by atoms with Crippen molar-refractivity contribution in [2.24, 2.45) is 5.84 Å². The normalized spacial score (nSPS) is 18.1. The van der Waals surface area contributed by atoms with Crippen LogP contribution in [0.2, 0.25) is 0 Å². The first-order valence-electron chi connectivity index (χ1n) is 7.10. The molecule has 2 heterocycles. The second-order valence-electron chi connectivity index (χ2n) is 4.62. The van der Waals surface area contributed by atoms with E-state index >= 15 is 0 Å². The van der Waals surface area contributed by atoms with Crippen molar-refractivity contribution < 1.29 is 4.74 Å². The third-order valence-corrected chi connectivity index (χ3v) is 3.31. The van der Waals surface area contributed by atoms with Gasteiger partial charge in [0.2, 0.25) is 17.8 Å². The maximum Gasteiger partial charge on any atom is 0.243 e. The number of anilines is 3. The van der Waals surface area contributed by atoms with Crippen molar-refractivity contribution in [3.63, 3.8) is 0 Å². The Bertz CT molecular complexity index is 418. The molecule has 1 unspecified atom stereocenters. The number of nitrogens with one attached hydrogen (secondary N) is 2. The van der Waals surface area contributed by atoms with Gasteiger partial charge in [0.25, 0.3) is 0 Å². The molecule has 0 aliphatic carbocycles. The Hall–Kier alpha value is -1.67. The van der Waals surface area contributed by atoms with E-state index in [0.29, 0.717) is 24.4 Å². The van der Waals surface area contributed by atoms with Gasteiger partial charge in [-0.1, -0.05) is 0 Å². The number of hydrazine groups is 1. The van der Waals surface area contributed by atoms with Crippen molar-refractivity contribution in [1.82, 2.24) is 15.0 Å². The van der Waals surface area contributed by atoms with Crippen LogP contribution in [0, 0.1) is 0 Å². The Morgan fingerprint density at radius 2 is 2.00 bits per heavy atom. The van der Waals surface area contributed by atoms with E-state index in [2.05, 4.69) is 39.5 Å². The Morgan fingerprint density at radius 1 is 1.25 bits per heavy atom. The lowest BCUT2D eigenvalue weighted by Crippen LogP contribution is -2.27. The van der Waals surface area contributed by atoms with E-state index in [1.165, 1.54) is 0 Å². The molecule has 1 fully saturated rings. The smallest absolute Gasteiger partial charge is 0.243 e. The van der Waals surface area contributed by atoms with Crippen molar-refractivity contribution in [2.75, 3.05) is 41.9 Å². The van der Waals surface area contributed by atoms with E-state index in [9.17, 15) is 0 Å². The van der Waals surface area contributed by atoms with Crippen molar-refractivity contribution in [2.45, 2.75) is 32.8 Å². The van der Waals surface area contributed by atoms with Gasteiger partial charge in [-0.05, 0) is 26.7 Å². The fourth-order valence-electron chi connectivity index (χ4n) is 2.17. The summed E-state index contributed by atoms with van der Waals surface area (Å²) < 4.78 is 5.57. The van der Waals surface area contributed by atoms with Gasteiger partial charge in [-0.15, -0.1) is 0 Å². The molecular weight excluding hydrogens is 258 g/mol. The van der Waals surface area contributed by atoms with Crippen LogP contribution in [-0.4, -0.2) is 47.3 Å². The van der Waals surface area contributed by atoms with Gasteiger partial charge in [0, 0.05) is 26.2 Å². The van der Waals surface area contributed by atoms with Crippen molar-refractivity contribution in [3.8, 4) is 0 Å². The first-order valence-corrected chi connectivity index (χ1v) is 7.10. The van der Waals surface area contributed by atoms with Crippen LogP contribution >= 0.6 is 0 Å². The summed E-state index contributed by atoms with van der Waals surface area (Å²) in [6, 6.07) is 0. The Morgan fingerprint density at radius 3 is 2.60 bits per heavy atom. The molecule has 8 heteroatoms. The van der Waals surface area contributed by atoms with Crippen LogP contribution in [0.4, 0.5) is 17.8 Å². The number of nitrogens with two attached hydrogens (primary N) is 1. The largest absolute Gasteiger partial charge is 0.376 e. The second-order valence-corrected chi connectivity index (χ2v) is 4.62. The predicted octanol–water partition coefficient (Wildman–Crippen LogP) is 0.594. The van der Waals surface area contributed by atoms with Crippen LogP contribution in [0.25, 0.3) is 0 Å². The maximum atomic E-state index is 5.57. The summed E-state index contributed by atoms with van der Waals surface area (Å²) in [7, 11) is 0. The van der Waals surface area contributed by atoms with Gasteiger partial charge in [0.15, 0.2) is 0 Å². The summed E-state index contributed by atoms with van der Waals surface area (Å²) >= 11 is 0. The van der Waals surface area contributed by atoms with Crippen LogP contribution < -0.4 is 21.5 Å². The highest BCUT2D eigenvalue weighted by atomic mass is 16.5. The molecule has 1 aromatic rings. The number of hydrogen-bond donors (Lipinski definition) is 3. The molecule has 20 heavy (non-hydrogen) atoms.